The minimum absolute atomic E-state index is 0.0571. The first kappa shape index (κ1) is 32.6. The second kappa shape index (κ2) is 14.3. The number of anilines is 4. The molecule has 2 aromatic carbocycles. The molecule has 16 nitrogen and oxygen atoms in total. The Morgan fingerprint density at radius 2 is 1.16 bits per heavy atom. The summed E-state index contributed by atoms with van der Waals surface area (Å²) in [4.78, 5) is 50.6. The van der Waals surface area contributed by atoms with Gasteiger partial charge in [0, 0.05) is 37.4 Å². The van der Waals surface area contributed by atoms with Crippen LogP contribution in [0.5, 0.6) is 23.0 Å². The van der Waals surface area contributed by atoms with Crippen LogP contribution in [0.1, 0.15) is 0 Å². The molecule has 0 atom stereocenters. The summed E-state index contributed by atoms with van der Waals surface area (Å²) >= 11 is 0. The van der Waals surface area contributed by atoms with Gasteiger partial charge in [-0.3, -0.25) is 25.1 Å². The topological polar surface area (TPSA) is 197 Å². The fraction of sp³-hybridized carbons (Fsp3) is 0.407. The molecule has 3 rings (SSSR count). The summed E-state index contributed by atoms with van der Waals surface area (Å²) in [5.74, 6) is -0.752. The summed E-state index contributed by atoms with van der Waals surface area (Å²) in [5, 5.41) is 30.7. The van der Waals surface area contributed by atoms with E-state index in [-0.39, 0.29) is 70.7 Å². The van der Waals surface area contributed by atoms with Crippen LogP contribution >= 0.6 is 0 Å². The SMILES string of the molecule is COC(=O)Nc1cc(OC)c(NC(=O)CN2CC[N+](C)(CC(=O)Nc3cc(O)c(NC(=O)OC)cc3OC)CC2)cc1O. The Morgan fingerprint density at radius 3 is 1.58 bits per heavy atom. The van der Waals surface area contributed by atoms with E-state index in [1.165, 1.54) is 52.7 Å². The summed E-state index contributed by atoms with van der Waals surface area (Å²) in [7, 11) is 7.10. The van der Waals surface area contributed by atoms with Crippen molar-refractivity contribution in [2.24, 2.45) is 0 Å². The zero-order valence-electron chi connectivity index (χ0n) is 24.6. The number of carbonyl (C=O) groups excluding carboxylic acids is 4. The van der Waals surface area contributed by atoms with Crippen molar-refractivity contribution < 1.29 is 52.8 Å². The van der Waals surface area contributed by atoms with Gasteiger partial charge in [0.15, 0.2) is 6.54 Å². The van der Waals surface area contributed by atoms with Crippen LogP contribution in [0.15, 0.2) is 24.3 Å². The van der Waals surface area contributed by atoms with Crippen molar-refractivity contribution in [3.63, 3.8) is 0 Å². The lowest BCUT2D eigenvalue weighted by Crippen LogP contribution is -2.60. The molecule has 1 heterocycles. The molecule has 1 aliphatic rings. The number of carbonyl (C=O) groups is 4. The molecule has 2 aromatic rings. The van der Waals surface area contributed by atoms with Crippen molar-refractivity contribution in [1.29, 1.82) is 0 Å². The highest BCUT2D eigenvalue weighted by Crippen LogP contribution is 2.37. The van der Waals surface area contributed by atoms with Crippen molar-refractivity contribution in [1.82, 2.24) is 4.90 Å². The lowest BCUT2D eigenvalue weighted by atomic mass is 10.2. The molecule has 43 heavy (non-hydrogen) atoms. The highest BCUT2D eigenvalue weighted by Gasteiger charge is 2.32. The standard InChI is InChI=1S/C27H36N6O10/c1-33(15-25(37)29-19-11-21(35)17(13-23(19)41-3)31-27(39)43-5)8-6-32(7-9-33)14-24(36)28-18-10-20(34)16(12-22(18)40-2)30-26(38)42-4/h10-13H,6-9,14-15H2,1-5H3,(H5-,28,29,30,31,34,35,36,37,38,39)/p+1. The van der Waals surface area contributed by atoms with Crippen LogP contribution in [-0.4, -0.2) is 118 Å². The first-order chi connectivity index (χ1) is 20.4. The number of ether oxygens (including phenoxy) is 4. The summed E-state index contributed by atoms with van der Waals surface area (Å²) in [6.45, 7) is 2.46. The molecule has 1 aliphatic heterocycles. The van der Waals surface area contributed by atoms with E-state index >= 15 is 0 Å². The number of benzene rings is 2. The van der Waals surface area contributed by atoms with Gasteiger partial charge in [0.25, 0.3) is 5.91 Å². The van der Waals surface area contributed by atoms with Gasteiger partial charge in [-0.2, -0.15) is 0 Å². The Bertz CT molecular complexity index is 1360. The van der Waals surface area contributed by atoms with E-state index in [2.05, 4.69) is 30.7 Å². The molecule has 0 spiro atoms. The normalized spacial score (nSPS) is 14.2. The molecular weight excluding hydrogens is 568 g/mol. The largest absolute Gasteiger partial charge is 0.506 e. The van der Waals surface area contributed by atoms with Gasteiger partial charge in [0.1, 0.15) is 23.0 Å². The molecule has 0 radical (unpaired) electrons. The molecular formula is C27H37N6O10+. The molecule has 0 bridgehead atoms. The predicted molar refractivity (Wildman–Crippen MR) is 156 cm³/mol. The molecule has 6 N–H and O–H groups in total. The van der Waals surface area contributed by atoms with E-state index in [0.717, 1.165) is 0 Å². The Morgan fingerprint density at radius 1 is 0.721 bits per heavy atom. The maximum atomic E-state index is 12.9. The van der Waals surface area contributed by atoms with E-state index in [1.54, 1.807) is 0 Å². The van der Waals surface area contributed by atoms with Crippen molar-refractivity contribution in [3.8, 4) is 23.0 Å². The smallest absolute Gasteiger partial charge is 0.411 e. The zero-order chi connectivity index (χ0) is 31.7. The van der Waals surface area contributed by atoms with E-state index in [9.17, 15) is 29.4 Å². The number of phenols is 2. The van der Waals surface area contributed by atoms with Gasteiger partial charge >= 0.3 is 12.2 Å². The number of rotatable bonds is 10. The van der Waals surface area contributed by atoms with Gasteiger partial charge < -0.3 is 44.3 Å². The number of methoxy groups -OCH3 is 4. The summed E-state index contributed by atoms with van der Waals surface area (Å²) in [6.07, 6.45) is -1.55. The van der Waals surface area contributed by atoms with Crippen molar-refractivity contribution in [2.75, 3.05) is 96.0 Å². The average Bonchev–Trinajstić information content (AvgIpc) is 2.96. The minimum atomic E-state index is -0.773. The maximum Gasteiger partial charge on any atom is 0.411 e. The van der Waals surface area contributed by atoms with Crippen LogP contribution in [0.4, 0.5) is 32.3 Å². The van der Waals surface area contributed by atoms with Crippen LogP contribution in [0.25, 0.3) is 0 Å². The number of hydrogen-bond acceptors (Lipinski definition) is 11. The first-order valence-electron chi connectivity index (χ1n) is 13.1. The minimum Gasteiger partial charge on any atom is -0.506 e. The van der Waals surface area contributed by atoms with Gasteiger partial charge in [-0.25, -0.2) is 9.59 Å². The number of quaternary nitrogens is 1. The quantitative estimate of drug-likeness (QED) is 0.171. The first-order valence-corrected chi connectivity index (χ1v) is 13.1. The van der Waals surface area contributed by atoms with E-state index in [1.807, 2.05) is 11.9 Å². The summed E-state index contributed by atoms with van der Waals surface area (Å²) in [6, 6.07) is 5.27. The molecule has 4 amide bonds. The number of phenolic OH excluding ortho intramolecular Hbond substituents is 2. The third-order valence-corrected chi connectivity index (χ3v) is 6.83. The molecule has 0 aliphatic carbocycles. The fourth-order valence-electron chi connectivity index (χ4n) is 4.43. The van der Waals surface area contributed by atoms with Crippen molar-refractivity contribution in [2.45, 2.75) is 0 Å². The van der Waals surface area contributed by atoms with Crippen LogP contribution in [-0.2, 0) is 19.1 Å². The Labute approximate surface area is 248 Å². The molecule has 16 heteroatoms. The second-order valence-electron chi connectivity index (χ2n) is 9.97. The van der Waals surface area contributed by atoms with Crippen LogP contribution in [0.3, 0.4) is 0 Å². The molecule has 0 aromatic heterocycles. The highest BCUT2D eigenvalue weighted by atomic mass is 16.5. The van der Waals surface area contributed by atoms with Gasteiger partial charge in [-0.05, 0) is 0 Å². The van der Waals surface area contributed by atoms with Crippen LogP contribution in [0.2, 0.25) is 0 Å². The van der Waals surface area contributed by atoms with E-state index in [4.69, 9.17) is 9.47 Å². The van der Waals surface area contributed by atoms with Crippen LogP contribution in [0, 0.1) is 0 Å². The van der Waals surface area contributed by atoms with Crippen LogP contribution < -0.4 is 30.7 Å². The van der Waals surface area contributed by atoms with Gasteiger partial charge in [0.2, 0.25) is 5.91 Å². The molecule has 0 unspecified atom stereocenters. The number of piperazine rings is 1. The number of likely N-dealkylation sites (N-methyl/N-ethyl adjacent to an activating group) is 1. The monoisotopic (exact) mass is 605 g/mol. The number of aromatic hydroxyl groups is 2. The third-order valence-electron chi connectivity index (χ3n) is 6.83. The van der Waals surface area contributed by atoms with Crippen molar-refractivity contribution in [3.05, 3.63) is 24.3 Å². The third kappa shape index (κ3) is 8.76. The average molecular weight is 606 g/mol. The Hall–Kier alpha value is -4.96. The summed E-state index contributed by atoms with van der Waals surface area (Å²) in [5.41, 5.74) is 0.577. The lowest BCUT2D eigenvalue weighted by Gasteiger charge is -2.41. The molecule has 1 fully saturated rings. The fourth-order valence-corrected chi connectivity index (χ4v) is 4.43. The maximum absolute atomic E-state index is 12.9. The van der Waals surface area contributed by atoms with E-state index < -0.39 is 12.2 Å². The predicted octanol–water partition coefficient (Wildman–Crippen LogP) is 1.81. The zero-order valence-corrected chi connectivity index (χ0v) is 24.6. The van der Waals surface area contributed by atoms with Gasteiger partial charge in [-0.15, -0.1) is 0 Å². The van der Waals surface area contributed by atoms with Gasteiger partial charge in [-0.1, -0.05) is 0 Å². The number of nitrogens with one attached hydrogen (secondary N) is 4. The molecule has 1 saturated heterocycles. The second-order valence-corrected chi connectivity index (χ2v) is 9.97. The number of amides is 4. The molecule has 0 saturated carbocycles. The van der Waals surface area contributed by atoms with Crippen molar-refractivity contribution >= 4 is 46.8 Å². The van der Waals surface area contributed by atoms with Gasteiger partial charge in [0.05, 0.1) is 77.9 Å². The number of nitrogens with zero attached hydrogens (tertiary/aromatic N) is 2. The highest BCUT2D eigenvalue weighted by molar-refractivity contribution is 5.96. The van der Waals surface area contributed by atoms with E-state index in [0.29, 0.717) is 30.7 Å². The Balaban J connectivity index is 1.55. The summed E-state index contributed by atoms with van der Waals surface area (Å²) < 4.78 is 20.1. The Kier molecular flexibility index (Phi) is 10.8. The lowest BCUT2D eigenvalue weighted by molar-refractivity contribution is -0.905. The number of hydrogen-bond donors (Lipinski definition) is 6. The molecule has 234 valence electrons.